The molecule has 2 fully saturated rings. The van der Waals surface area contributed by atoms with Crippen molar-refractivity contribution in [1.82, 2.24) is 5.32 Å². The van der Waals surface area contributed by atoms with Gasteiger partial charge in [-0.05, 0) is 56.3 Å². The van der Waals surface area contributed by atoms with Crippen molar-refractivity contribution in [2.75, 3.05) is 24.5 Å². The van der Waals surface area contributed by atoms with Gasteiger partial charge < -0.3 is 10.2 Å². The molecule has 20 heavy (non-hydrogen) atoms. The molecule has 1 heterocycles. The monoisotopic (exact) mass is 333 g/mol. The molecular weight excluding hydrogens is 314 g/mol. The Kier molecular flexibility index (Phi) is 4.28. The summed E-state index contributed by atoms with van der Waals surface area (Å²) in [6.45, 7) is 3.24. The molecular formula is C16H20BrN3. The summed E-state index contributed by atoms with van der Waals surface area (Å²) >= 11 is 3.46. The fourth-order valence-electron chi connectivity index (χ4n) is 2.94. The molecule has 0 amide bonds. The number of hydrogen-bond acceptors (Lipinski definition) is 3. The lowest BCUT2D eigenvalue weighted by molar-refractivity contribution is 0.570. The predicted molar refractivity (Wildman–Crippen MR) is 84.8 cm³/mol. The molecule has 1 unspecified atom stereocenters. The molecule has 0 bridgehead atoms. The number of nitrogens with one attached hydrogen (secondary N) is 1. The van der Waals surface area contributed by atoms with Gasteiger partial charge in [0.05, 0.1) is 11.3 Å². The molecule has 1 saturated carbocycles. The number of hydrogen-bond donors (Lipinski definition) is 1. The number of halogens is 1. The Morgan fingerprint density at radius 1 is 1.30 bits per heavy atom. The Bertz CT molecular complexity index is 513. The van der Waals surface area contributed by atoms with Gasteiger partial charge in [0.15, 0.2) is 0 Å². The minimum atomic E-state index is 0.573. The highest BCUT2D eigenvalue weighted by molar-refractivity contribution is 9.10. The second-order valence-electron chi connectivity index (χ2n) is 5.91. The summed E-state index contributed by atoms with van der Waals surface area (Å²) in [6, 6.07) is 8.97. The third-order valence-electron chi connectivity index (χ3n) is 4.20. The highest BCUT2D eigenvalue weighted by Gasteiger charge is 2.27. The number of benzene rings is 1. The first-order chi connectivity index (χ1) is 9.76. The second kappa shape index (κ2) is 6.15. The quantitative estimate of drug-likeness (QED) is 0.898. The van der Waals surface area contributed by atoms with E-state index in [9.17, 15) is 5.26 Å². The zero-order chi connectivity index (χ0) is 13.9. The molecule has 106 valence electrons. The lowest BCUT2D eigenvalue weighted by Crippen LogP contribution is -2.39. The van der Waals surface area contributed by atoms with Gasteiger partial charge in [-0.15, -0.1) is 0 Å². The molecule has 0 aromatic heterocycles. The number of nitriles is 1. The van der Waals surface area contributed by atoms with E-state index in [1.165, 1.54) is 25.7 Å². The molecule has 1 atom stereocenters. The summed E-state index contributed by atoms with van der Waals surface area (Å²) in [7, 11) is 0. The van der Waals surface area contributed by atoms with Crippen molar-refractivity contribution < 1.29 is 0 Å². The SMILES string of the molecule is N#Cc1cc(Br)ccc1N(CC1CC1)CC1CCCN1. The van der Waals surface area contributed by atoms with E-state index < -0.39 is 0 Å². The van der Waals surface area contributed by atoms with Crippen LogP contribution in [0.2, 0.25) is 0 Å². The molecule has 1 aliphatic carbocycles. The Balaban J connectivity index is 1.81. The fourth-order valence-corrected chi connectivity index (χ4v) is 3.30. The predicted octanol–water partition coefficient (Wildman–Crippen LogP) is 3.29. The molecule has 1 saturated heterocycles. The van der Waals surface area contributed by atoms with E-state index in [0.717, 1.165) is 41.3 Å². The van der Waals surface area contributed by atoms with Crippen LogP contribution in [-0.2, 0) is 0 Å². The summed E-state index contributed by atoms with van der Waals surface area (Å²) in [6.07, 6.45) is 5.20. The van der Waals surface area contributed by atoms with E-state index in [1.807, 2.05) is 12.1 Å². The van der Waals surface area contributed by atoms with E-state index >= 15 is 0 Å². The van der Waals surface area contributed by atoms with Crippen LogP contribution in [0.4, 0.5) is 5.69 Å². The van der Waals surface area contributed by atoms with Gasteiger partial charge in [-0.3, -0.25) is 0 Å². The van der Waals surface area contributed by atoms with Gasteiger partial charge in [-0.2, -0.15) is 5.26 Å². The van der Waals surface area contributed by atoms with Crippen molar-refractivity contribution in [1.29, 1.82) is 5.26 Å². The van der Waals surface area contributed by atoms with Crippen LogP contribution in [0.25, 0.3) is 0 Å². The highest BCUT2D eigenvalue weighted by atomic mass is 79.9. The van der Waals surface area contributed by atoms with E-state index in [2.05, 4.69) is 38.3 Å². The average molecular weight is 334 g/mol. The maximum Gasteiger partial charge on any atom is 0.101 e. The Hall–Kier alpha value is -1.05. The third-order valence-corrected chi connectivity index (χ3v) is 4.69. The molecule has 1 aromatic carbocycles. The van der Waals surface area contributed by atoms with Crippen LogP contribution in [0.3, 0.4) is 0 Å². The molecule has 0 spiro atoms. The van der Waals surface area contributed by atoms with Crippen LogP contribution in [0.1, 0.15) is 31.2 Å². The zero-order valence-corrected chi connectivity index (χ0v) is 13.2. The van der Waals surface area contributed by atoms with Gasteiger partial charge in [0, 0.05) is 23.6 Å². The van der Waals surface area contributed by atoms with E-state index in [4.69, 9.17) is 0 Å². The van der Waals surface area contributed by atoms with Crippen LogP contribution in [0, 0.1) is 17.2 Å². The van der Waals surface area contributed by atoms with Gasteiger partial charge in [-0.1, -0.05) is 15.9 Å². The molecule has 1 N–H and O–H groups in total. The Morgan fingerprint density at radius 2 is 2.15 bits per heavy atom. The first kappa shape index (κ1) is 13.9. The van der Waals surface area contributed by atoms with Crippen LogP contribution in [-0.4, -0.2) is 25.7 Å². The molecule has 1 aromatic rings. The topological polar surface area (TPSA) is 39.1 Å². The molecule has 0 radical (unpaired) electrons. The van der Waals surface area contributed by atoms with Crippen molar-refractivity contribution in [3.8, 4) is 6.07 Å². The van der Waals surface area contributed by atoms with Gasteiger partial charge >= 0.3 is 0 Å². The van der Waals surface area contributed by atoms with Crippen molar-refractivity contribution in [3.05, 3.63) is 28.2 Å². The highest BCUT2D eigenvalue weighted by Crippen LogP contribution is 2.33. The maximum atomic E-state index is 9.39. The molecule has 4 heteroatoms. The molecule has 3 rings (SSSR count). The van der Waals surface area contributed by atoms with Gasteiger partial charge in [-0.25, -0.2) is 0 Å². The lowest BCUT2D eigenvalue weighted by atomic mass is 10.1. The van der Waals surface area contributed by atoms with Gasteiger partial charge in [0.2, 0.25) is 0 Å². The van der Waals surface area contributed by atoms with Crippen LogP contribution in [0.5, 0.6) is 0 Å². The summed E-state index contributed by atoms with van der Waals surface area (Å²) in [5.74, 6) is 0.826. The standard InChI is InChI=1S/C16H20BrN3/c17-14-5-6-16(13(8-14)9-18)20(10-12-3-4-12)11-15-2-1-7-19-15/h5-6,8,12,15,19H,1-4,7,10-11H2. The number of rotatable bonds is 5. The smallest absolute Gasteiger partial charge is 0.101 e. The average Bonchev–Trinajstić information content (AvgIpc) is 3.11. The number of nitrogens with zero attached hydrogens (tertiary/aromatic N) is 2. The minimum absolute atomic E-state index is 0.573. The first-order valence-electron chi connectivity index (χ1n) is 7.44. The van der Waals surface area contributed by atoms with Gasteiger partial charge in [0.25, 0.3) is 0 Å². The van der Waals surface area contributed by atoms with Crippen molar-refractivity contribution in [2.45, 2.75) is 31.7 Å². The Labute approximate surface area is 129 Å². The van der Waals surface area contributed by atoms with Crippen LogP contribution >= 0.6 is 15.9 Å². The molecule has 1 aliphatic heterocycles. The first-order valence-corrected chi connectivity index (χ1v) is 8.23. The minimum Gasteiger partial charge on any atom is -0.369 e. The number of anilines is 1. The van der Waals surface area contributed by atoms with Gasteiger partial charge in [0.1, 0.15) is 6.07 Å². The van der Waals surface area contributed by atoms with E-state index in [1.54, 1.807) is 0 Å². The second-order valence-corrected chi connectivity index (χ2v) is 6.83. The third kappa shape index (κ3) is 3.34. The summed E-state index contributed by atoms with van der Waals surface area (Å²) < 4.78 is 0.975. The van der Waals surface area contributed by atoms with Crippen molar-refractivity contribution in [2.24, 2.45) is 5.92 Å². The fraction of sp³-hybridized carbons (Fsp3) is 0.562. The van der Waals surface area contributed by atoms with E-state index in [-0.39, 0.29) is 0 Å². The molecule has 3 nitrogen and oxygen atoms in total. The Morgan fingerprint density at radius 3 is 2.80 bits per heavy atom. The lowest BCUT2D eigenvalue weighted by Gasteiger charge is -2.29. The van der Waals surface area contributed by atoms with Crippen molar-refractivity contribution in [3.63, 3.8) is 0 Å². The summed E-state index contributed by atoms with van der Waals surface area (Å²) in [4.78, 5) is 2.42. The maximum absolute atomic E-state index is 9.39. The molecule has 2 aliphatic rings. The van der Waals surface area contributed by atoms with Crippen LogP contribution in [0.15, 0.2) is 22.7 Å². The largest absolute Gasteiger partial charge is 0.369 e. The van der Waals surface area contributed by atoms with E-state index in [0.29, 0.717) is 6.04 Å². The zero-order valence-electron chi connectivity index (χ0n) is 11.6. The summed E-state index contributed by atoms with van der Waals surface area (Å²) in [5.41, 5.74) is 1.87. The summed E-state index contributed by atoms with van der Waals surface area (Å²) in [5, 5.41) is 13.0. The normalized spacial score (nSPS) is 21.7. The van der Waals surface area contributed by atoms with Crippen LogP contribution < -0.4 is 10.2 Å². The van der Waals surface area contributed by atoms with Crippen molar-refractivity contribution >= 4 is 21.6 Å².